The van der Waals surface area contributed by atoms with Crippen molar-refractivity contribution in [2.75, 3.05) is 11.9 Å². The Hall–Kier alpha value is -2.09. The Kier molecular flexibility index (Phi) is 4.05. The molecule has 0 spiro atoms. The molecule has 1 heterocycles. The van der Waals surface area contributed by atoms with E-state index < -0.39 is 5.97 Å². The van der Waals surface area contributed by atoms with E-state index in [4.69, 9.17) is 10.4 Å². The molecule has 0 aliphatic heterocycles. The Balaban J connectivity index is 3.06. The molecule has 0 aliphatic rings. The van der Waals surface area contributed by atoms with Crippen LogP contribution in [0.15, 0.2) is 12.1 Å². The number of aryl methyl sites for hydroxylation is 1. The molecule has 5 heteroatoms. The van der Waals surface area contributed by atoms with E-state index in [9.17, 15) is 4.79 Å². The third kappa shape index (κ3) is 3.18. The van der Waals surface area contributed by atoms with Gasteiger partial charge in [0.05, 0.1) is 18.1 Å². The number of hydrogen-bond acceptors (Lipinski definition) is 4. The maximum Gasteiger partial charge on any atom is 0.335 e. The van der Waals surface area contributed by atoms with Crippen LogP contribution >= 0.6 is 0 Å². The number of carboxylic acids is 1. The zero-order chi connectivity index (χ0) is 13.0. The molecule has 0 aromatic carbocycles. The predicted molar refractivity (Wildman–Crippen MR) is 64.0 cm³/mol. The van der Waals surface area contributed by atoms with E-state index >= 15 is 0 Å². The van der Waals surface area contributed by atoms with Gasteiger partial charge in [-0.05, 0) is 26.0 Å². The summed E-state index contributed by atoms with van der Waals surface area (Å²) >= 11 is 0. The summed E-state index contributed by atoms with van der Waals surface area (Å²) in [6, 6.07) is 5.12. The highest BCUT2D eigenvalue weighted by molar-refractivity contribution is 5.88. The molecule has 0 radical (unpaired) electrons. The van der Waals surface area contributed by atoms with Crippen molar-refractivity contribution in [1.82, 2.24) is 4.98 Å². The van der Waals surface area contributed by atoms with E-state index in [0.717, 1.165) is 0 Å². The van der Waals surface area contributed by atoms with Gasteiger partial charge in [0.2, 0.25) is 0 Å². The summed E-state index contributed by atoms with van der Waals surface area (Å²) in [6.07, 6.45) is 0.370. The van der Waals surface area contributed by atoms with Gasteiger partial charge in [-0.1, -0.05) is 0 Å². The fourth-order valence-corrected chi connectivity index (χ4v) is 1.45. The first kappa shape index (κ1) is 13.0. The van der Waals surface area contributed by atoms with Crippen LogP contribution in [0.1, 0.15) is 29.4 Å². The molecular formula is C12H15N3O2. The minimum Gasteiger partial charge on any atom is -0.478 e. The van der Waals surface area contributed by atoms with Crippen molar-refractivity contribution in [2.24, 2.45) is 0 Å². The number of aromatic carboxylic acids is 1. The standard InChI is InChI=1S/C12H15N3O2/c1-8-6-10(12(16)17)7-11(14-8)15(3)9(2)4-5-13/h6-7,9H,4H2,1-3H3,(H,16,17). The van der Waals surface area contributed by atoms with E-state index in [2.05, 4.69) is 11.1 Å². The minimum absolute atomic E-state index is 0.00375. The Labute approximate surface area is 100 Å². The summed E-state index contributed by atoms with van der Waals surface area (Å²) in [6.45, 7) is 3.65. The Bertz CT molecular complexity index is 465. The number of pyridine rings is 1. The number of anilines is 1. The number of hydrogen-bond donors (Lipinski definition) is 1. The zero-order valence-corrected chi connectivity index (χ0v) is 10.1. The maximum absolute atomic E-state index is 10.9. The number of nitrogens with zero attached hydrogens (tertiary/aromatic N) is 3. The van der Waals surface area contributed by atoms with E-state index in [1.165, 1.54) is 12.1 Å². The molecule has 1 atom stereocenters. The SMILES string of the molecule is Cc1cc(C(=O)O)cc(N(C)C(C)CC#N)n1. The van der Waals surface area contributed by atoms with Crippen LogP contribution in [0.25, 0.3) is 0 Å². The summed E-state index contributed by atoms with van der Waals surface area (Å²) < 4.78 is 0. The van der Waals surface area contributed by atoms with Gasteiger partial charge >= 0.3 is 5.97 Å². The molecule has 0 bridgehead atoms. The number of nitriles is 1. The first-order chi connectivity index (χ1) is 7.95. The number of carboxylic acid groups (broad SMARTS) is 1. The molecule has 0 saturated heterocycles. The van der Waals surface area contributed by atoms with Crippen LogP contribution in [0.4, 0.5) is 5.82 Å². The molecule has 17 heavy (non-hydrogen) atoms. The van der Waals surface area contributed by atoms with Crippen LogP contribution in [0.3, 0.4) is 0 Å². The van der Waals surface area contributed by atoms with Gasteiger partial charge in [0.1, 0.15) is 5.82 Å². The molecule has 1 rings (SSSR count). The highest BCUT2D eigenvalue weighted by Gasteiger charge is 2.14. The monoisotopic (exact) mass is 233 g/mol. The van der Waals surface area contributed by atoms with Crippen molar-refractivity contribution in [3.63, 3.8) is 0 Å². The molecule has 0 fully saturated rings. The van der Waals surface area contributed by atoms with Crippen LogP contribution in [0, 0.1) is 18.3 Å². The van der Waals surface area contributed by atoms with Crippen LogP contribution in [0.5, 0.6) is 0 Å². The quantitative estimate of drug-likeness (QED) is 0.858. The van der Waals surface area contributed by atoms with Gasteiger partial charge in [-0.3, -0.25) is 0 Å². The lowest BCUT2D eigenvalue weighted by Crippen LogP contribution is -2.29. The van der Waals surface area contributed by atoms with Crippen LogP contribution in [-0.4, -0.2) is 29.1 Å². The molecule has 1 aromatic rings. The molecular weight excluding hydrogens is 218 g/mol. The third-order valence-corrected chi connectivity index (χ3v) is 2.60. The highest BCUT2D eigenvalue weighted by atomic mass is 16.4. The van der Waals surface area contributed by atoms with Gasteiger partial charge in [-0.25, -0.2) is 9.78 Å². The lowest BCUT2D eigenvalue weighted by molar-refractivity contribution is 0.0696. The summed E-state index contributed by atoms with van der Waals surface area (Å²) in [5.74, 6) is -0.400. The van der Waals surface area contributed by atoms with E-state index in [0.29, 0.717) is 17.9 Å². The van der Waals surface area contributed by atoms with Crippen molar-refractivity contribution in [3.8, 4) is 6.07 Å². The summed E-state index contributed by atoms with van der Waals surface area (Å²) in [4.78, 5) is 17.0. The maximum atomic E-state index is 10.9. The van der Waals surface area contributed by atoms with Crippen molar-refractivity contribution in [3.05, 3.63) is 23.4 Å². The van der Waals surface area contributed by atoms with E-state index in [1.54, 1.807) is 14.0 Å². The van der Waals surface area contributed by atoms with E-state index in [1.807, 2.05) is 11.8 Å². The Morgan fingerprint density at radius 2 is 2.29 bits per heavy atom. The molecule has 0 saturated carbocycles. The number of aromatic nitrogens is 1. The van der Waals surface area contributed by atoms with Crippen LogP contribution in [0.2, 0.25) is 0 Å². The zero-order valence-electron chi connectivity index (χ0n) is 10.1. The van der Waals surface area contributed by atoms with Gasteiger partial charge in [0, 0.05) is 18.8 Å². The molecule has 1 unspecified atom stereocenters. The summed E-state index contributed by atoms with van der Waals surface area (Å²) in [7, 11) is 1.80. The fourth-order valence-electron chi connectivity index (χ4n) is 1.45. The fraction of sp³-hybridized carbons (Fsp3) is 0.417. The minimum atomic E-state index is -0.974. The smallest absolute Gasteiger partial charge is 0.335 e. The first-order valence-corrected chi connectivity index (χ1v) is 5.27. The van der Waals surface area contributed by atoms with Crippen LogP contribution < -0.4 is 4.90 Å². The second-order valence-corrected chi connectivity index (χ2v) is 3.98. The normalized spacial score (nSPS) is 11.6. The predicted octanol–water partition coefficient (Wildman–Crippen LogP) is 1.83. The third-order valence-electron chi connectivity index (χ3n) is 2.60. The lowest BCUT2D eigenvalue weighted by atomic mass is 10.2. The average Bonchev–Trinajstić information content (AvgIpc) is 2.27. The topological polar surface area (TPSA) is 77.2 Å². The van der Waals surface area contributed by atoms with Gasteiger partial charge in [0.15, 0.2) is 0 Å². The van der Waals surface area contributed by atoms with Crippen LogP contribution in [-0.2, 0) is 0 Å². The molecule has 1 aromatic heterocycles. The van der Waals surface area contributed by atoms with Crippen molar-refractivity contribution in [2.45, 2.75) is 26.3 Å². The van der Waals surface area contributed by atoms with E-state index in [-0.39, 0.29) is 11.6 Å². The average molecular weight is 233 g/mol. The second-order valence-electron chi connectivity index (χ2n) is 3.98. The summed E-state index contributed by atoms with van der Waals surface area (Å²) in [5.41, 5.74) is 0.861. The van der Waals surface area contributed by atoms with Crippen molar-refractivity contribution < 1.29 is 9.90 Å². The first-order valence-electron chi connectivity index (χ1n) is 5.27. The lowest BCUT2D eigenvalue weighted by Gasteiger charge is -2.24. The van der Waals surface area contributed by atoms with Gasteiger partial charge < -0.3 is 10.0 Å². The Morgan fingerprint density at radius 3 is 2.82 bits per heavy atom. The molecule has 5 nitrogen and oxygen atoms in total. The van der Waals surface area contributed by atoms with Gasteiger partial charge in [-0.15, -0.1) is 0 Å². The highest BCUT2D eigenvalue weighted by Crippen LogP contribution is 2.17. The van der Waals surface area contributed by atoms with Gasteiger partial charge in [-0.2, -0.15) is 5.26 Å². The summed E-state index contributed by atoms with van der Waals surface area (Å²) in [5, 5.41) is 17.6. The number of rotatable bonds is 4. The number of carbonyl (C=O) groups is 1. The van der Waals surface area contributed by atoms with Crippen molar-refractivity contribution >= 4 is 11.8 Å². The molecule has 90 valence electrons. The molecule has 1 N–H and O–H groups in total. The molecule has 0 aliphatic carbocycles. The van der Waals surface area contributed by atoms with Crippen molar-refractivity contribution in [1.29, 1.82) is 5.26 Å². The Morgan fingerprint density at radius 1 is 1.65 bits per heavy atom. The largest absolute Gasteiger partial charge is 0.478 e. The van der Waals surface area contributed by atoms with Gasteiger partial charge in [0.25, 0.3) is 0 Å². The molecule has 0 amide bonds. The second kappa shape index (κ2) is 5.30.